The lowest BCUT2D eigenvalue weighted by Crippen LogP contribution is -2.33. The van der Waals surface area contributed by atoms with E-state index in [2.05, 4.69) is 34.9 Å². The molecule has 21 heavy (non-hydrogen) atoms. The Kier molecular flexibility index (Phi) is 7.24. The summed E-state index contributed by atoms with van der Waals surface area (Å²) in [6.45, 7) is 7.44. The Morgan fingerprint density at radius 1 is 1.43 bits per heavy atom. The number of hydrogen-bond donors (Lipinski definition) is 1. The van der Waals surface area contributed by atoms with Crippen LogP contribution in [0.2, 0.25) is 0 Å². The van der Waals surface area contributed by atoms with Gasteiger partial charge >= 0.3 is 0 Å². The third-order valence-corrected chi connectivity index (χ3v) is 4.30. The zero-order valence-corrected chi connectivity index (χ0v) is 13.7. The number of rotatable bonds is 9. The minimum absolute atomic E-state index is 0.482. The van der Waals surface area contributed by atoms with Crippen molar-refractivity contribution in [3.8, 4) is 0 Å². The van der Waals surface area contributed by atoms with Gasteiger partial charge in [-0.2, -0.15) is 0 Å². The molecule has 0 aromatic carbocycles. The molecule has 1 aliphatic rings. The molecule has 120 valence electrons. The maximum Gasteiger partial charge on any atom is 0.110 e. The fraction of sp³-hybridized carbons (Fsp3) is 0.824. The normalized spacial score (nSPS) is 20.6. The maximum absolute atomic E-state index is 5.86. The first kappa shape index (κ1) is 16.5. The van der Waals surface area contributed by atoms with Crippen LogP contribution in [0, 0.1) is 0 Å². The first-order valence-electron chi connectivity index (χ1n) is 8.68. The summed E-state index contributed by atoms with van der Waals surface area (Å²) in [4.78, 5) is 4.54. The van der Waals surface area contributed by atoms with Crippen molar-refractivity contribution in [2.45, 2.75) is 77.5 Å². The molecular formula is C17H31N3O. The third-order valence-electron chi connectivity index (χ3n) is 4.30. The molecule has 4 nitrogen and oxygen atoms in total. The molecule has 1 aliphatic heterocycles. The van der Waals surface area contributed by atoms with E-state index in [1.165, 1.54) is 37.9 Å². The van der Waals surface area contributed by atoms with Crippen LogP contribution < -0.4 is 5.32 Å². The van der Waals surface area contributed by atoms with E-state index < -0.39 is 0 Å². The predicted octanol–water partition coefficient (Wildman–Crippen LogP) is 3.16. The van der Waals surface area contributed by atoms with E-state index in [4.69, 9.17) is 4.74 Å². The van der Waals surface area contributed by atoms with Crippen LogP contribution in [0.25, 0.3) is 0 Å². The zero-order chi connectivity index (χ0) is 14.9. The van der Waals surface area contributed by atoms with Gasteiger partial charge in [-0.1, -0.05) is 13.8 Å². The Balaban J connectivity index is 1.84. The van der Waals surface area contributed by atoms with Gasteiger partial charge in [0.15, 0.2) is 0 Å². The van der Waals surface area contributed by atoms with E-state index in [1.54, 1.807) is 0 Å². The molecule has 1 aromatic heterocycles. The molecule has 2 heterocycles. The van der Waals surface area contributed by atoms with Crippen LogP contribution >= 0.6 is 0 Å². The number of aryl methyl sites for hydroxylation is 1. The van der Waals surface area contributed by atoms with Crippen molar-refractivity contribution in [1.82, 2.24) is 14.9 Å². The van der Waals surface area contributed by atoms with Crippen LogP contribution in [0.15, 0.2) is 12.4 Å². The second-order valence-corrected chi connectivity index (χ2v) is 6.06. The molecule has 0 saturated carbocycles. The van der Waals surface area contributed by atoms with Crippen molar-refractivity contribution in [3.63, 3.8) is 0 Å². The van der Waals surface area contributed by atoms with Crippen LogP contribution in [0.4, 0.5) is 0 Å². The molecule has 0 aliphatic carbocycles. The fourth-order valence-corrected chi connectivity index (χ4v) is 3.18. The second kappa shape index (κ2) is 9.21. The third kappa shape index (κ3) is 5.44. The summed E-state index contributed by atoms with van der Waals surface area (Å²) < 4.78 is 8.15. The van der Waals surface area contributed by atoms with Crippen LogP contribution in [-0.2, 0) is 17.7 Å². The smallest absolute Gasteiger partial charge is 0.110 e. The lowest BCUT2D eigenvalue weighted by molar-refractivity contribution is 0.00856. The molecule has 1 saturated heterocycles. The van der Waals surface area contributed by atoms with E-state index >= 15 is 0 Å². The summed E-state index contributed by atoms with van der Waals surface area (Å²) in [7, 11) is 0. The van der Waals surface area contributed by atoms with Crippen LogP contribution in [0.5, 0.6) is 0 Å². The molecule has 0 spiro atoms. The predicted molar refractivity (Wildman–Crippen MR) is 86.5 cm³/mol. The Hall–Kier alpha value is -0.870. The summed E-state index contributed by atoms with van der Waals surface area (Å²) in [5.74, 6) is 1.22. The highest BCUT2D eigenvalue weighted by molar-refractivity contribution is 4.96. The molecular weight excluding hydrogens is 262 g/mol. The molecule has 0 amide bonds. The minimum atomic E-state index is 0.482. The highest BCUT2D eigenvalue weighted by atomic mass is 16.5. The van der Waals surface area contributed by atoms with Crippen LogP contribution in [0.3, 0.4) is 0 Å². The second-order valence-electron chi connectivity index (χ2n) is 6.06. The molecule has 2 unspecified atom stereocenters. The number of likely N-dealkylation sites (N-methyl/N-ethyl adjacent to an activating group) is 1. The van der Waals surface area contributed by atoms with Crippen molar-refractivity contribution in [2.75, 3.05) is 13.2 Å². The first-order chi connectivity index (χ1) is 10.3. The topological polar surface area (TPSA) is 39.1 Å². The average Bonchev–Trinajstić information content (AvgIpc) is 2.94. The van der Waals surface area contributed by atoms with E-state index in [-0.39, 0.29) is 0 Å². The van der Waals surface area contributed by atoms with Crippen molar-refractivity contribution >= 4 is 0 Å². The van der Waals surface area contributed by atoms with Crippen LogP contribution in [0.1, 0.15) is 58.2 Å². The summed E-state index contributed by atoms with van der Waals surface area (Å²) in [6, 6.07) is 0.513. The molecule has 1 aromatic rings. The monoisotopic (exact) mass is 293 g/mol. The van der Waals surface area contributed by atoms with E-state index in [0.29, 0.717) is 12.1 Å². The van der Waals surface area contributed by atoms with Gasteiger partial charge in [-0.15, -0.1) is 0 Å². The Labute approximate surface area is 129 Å². The van der Waals surface area contributed by atoms with Crippen molar-refractivity contribution < 1.29 is 4.74 Å². The quantitative estimate of drug-likeness (QED) is 0.760. The van der Waals surface area contributed by atoms with Crippen LogP contribution in [-0.4, -0.2) is 34.8 Å². The first-order valence-corrected chi connectivity index (χ1v) is 8.68. The summed E-state index contributed by atoms with van der Waals surface area (Å²) in [5, 5.41) is 3.62. The lowest BCUT2D eigenvalue weighted by atomic mass is 10.00. The number of aromatic nitrogens is 2. The van der Waals surface area contributed by atoms with Gasteiger partial charge in [-0.25, -0.2) is 4.98 Å². The van der Waals surface area contributed by atoms with Gasteiger partial charge < -0.3 is 14.6 Å². The number of nitrogens with zero attached hydrogens (tertiary/aromatic N) is 2. The standard InChI is InChI=1S/C17H31N3O/c1-3-11-20-12-10-19-17(20)14-15(18-4-2)8-9-16-7-5-6-13-21-16/h10,12,15-16,18H,3-9,11,13-14H2,1-2H3. The molecule has 1 N–H and O–H groups in total. The zero-order valence-electron chi connectivity index (χ0n) is 13.7. The minimum Gasteiger partial charge on any atom is -0.378 e. The molecule has 2 atom stereocenters. The Morgan fingerprint density at radius 3 is 3.05 bits per heavy atom. The van der Waals surface area contributed by atoms with Gasteiger partial charge in [0.25, 0.3) is 0 Å². The average molecular weight is 293 g/mol. The summed E-state index contributed by atoms with van der Waals surface area (Å²) in [6.07, 6.45) is 12.9. The summed E-state index contributed by atoms with van der Waals surface area (Å²) in [5.41, 5.74) is 0. The number of imidazole rings is 1. The number of nitrogens with one attached hydrogen (secondary N) is 1. The Bertz CT molecular complexity index is 385. The molecule has 1 fully saturated rings. The molecule has 4 heteroatoms. The lowest BCUT2D eigenvalue weighted by Gasteiger charge is -2.25. The van der Waals surface area contributed by atoms with Gasteiger partial charge in [0.2, 0.25) is 0 Å². The van der Waals surface area contributed by atoms with Crippen molar-refractivity contribution in [3.05, 3.63) is 18.2 Å². The van der Waals surface area contributed by atoms with E-state index in [9.17, 15) is 0 Å². The van der Waals surface area contributed by atoms with E-state index in [0.717, 1.165) is 32.5 Å². The van der Waals surface area contributed by atoms with Gasteiger partial charge in [0.1, 0.15) is 5.82 Å². The van der Waals surface area contributed by atoms with Gasteiger partial charge in [-0.05, 0) is 45.1 Å². The SMILES string of the molecule is CCCn1ccnc1CC(CCC1CCCCO1)NCC. The highest BCUT2D eigenvalue weighted by Crippen LogP contribution is 2.18. The number of hydrogen-bond acceptors (Lipinski definition) is 3. The summed E-state index contributed by atoms with van der Waals surface area (Å²) >= 11 is 0. The van der Waals surface area contributed by atoms with Gasteiger partial charge in [0, 0.05) is 38.0 Å². The fourth-order valence-electron chi connectivity index (χ4n) is 3.18. The van der Waals surface area contributed by atoms with Gasteiger partial charge in [0.05, 0.1) is 6.10 Å². The largest absolute Gasteiger partial charge is 0.378 e. The van der Waals surface area contributed by atoms with E-state index in [1.807, 2.05) is 6.20 Å². The maximum atomic E-state index is 5.86. The number of ether oxygens (including phenoxy) is 1. The molecule has 0 bridgehead atoms. The molecule has 2 rings (SSSR count). The van der Waals surface area contributed by atoms with Gasteiger partial charge in [-0.3, -0.25) is 0 Å². The van der Waals surface area contributed by atoms with Crippen molar-refractivity contribution in [2.24, 2.45) is 0 Å². The Morgan fingerprint density at radius 2 is 2.33 bits per heavy atom. The molecule has 0 radical (unpaired) electrons. The highest BCUT2D eigenvalue weighted by Gasteiger charge is 2.18. The van der Waals surface area contributed by atoms with Crippen molar-refractivity contribution in [1.29, 1.82) is 0 Å².